The fraction of sp³-hybridized carbons (Fsp3) is 0.269. The molecule has 1 heterocycles. The number of Topliss-reactive ketones (excluding diaryl/α,β-unsaturated/α-hetero) is 1. The summed E-state index contributed by atoms with van der Waals surface area (Å²) >= 11 is 0. The van der Waals surface area contributed by atoms with Crippen LogP contribution < -0.4 is 10.9 Å². The van der Waals surface area contributed by atoms with Crippen LogP contribution in [0.25, 0.3) is 5.69 Å². The summed E-state index contributed by atoms with van der Waals surface area (Å²) in [5, 5.41) is 2.83. The number of hydrogen-bond donors (Lipinski definition) is 1. The van der Waals surface area contributed by atoms with Crippen molar-refractivity contribution in [3.63, 3.8) is 0 Å². The van der Waals surface area contributed by atoms with Gasteiger partial charge in [-0.25, -0.2) is 0 Å². The van der Waals surface area contributed by atoms with Gasteiger partial charge in [0.25, 0.3) is 11.5 Å². The van der Waals surface area contributed by atoms with Crippen molar-refractivity contribution in [1.82, 2.24) is 4.57 Å². The first-order chi connectivity index (χ1) is 14.7. The topological polar surface area (TPSA) is 68.2 Å². The van der Waals surface area contributed by atoms with Crippen molar-refractivity contribution >= 4 is 17.4 Å². The van der Waals surface area contributed by atoms with E-state index in [0.717, 1.165) is 11.1 Å². The highest BCUT2D eigenvalue weighted by Gasteiger charge is 2.35. The number of aryl methyl sites for hydroxylation is 2. The van der Waals surface area contributed by atoms with E-state index in [9.17, 15) is 14.4 Å². The summed E-state index contributed by atoms with van der Waals surface area (Å²) in [5.41, 5.74) is 3.67. The molecule has 1 amide bonds. The molecule has 0 fully saturated rings. The average molecular weight is 415 g/mol. The summed E-state index contributed by atoms with van der Waals surface area (Å²) in [6, 6.07) is 16.4. The van der Waals surface area contributed by atoms with Gasteiger partial charge in [-0.05, 0) is 55.5 Å². The fourth-order valence-electron chi connectivity index (χ4n) is 4.15. The number of nitrogens with zero attached hydrogens (tertiary/aromatic N) is 1. The zero-order chi connectivity index (χ0) is 22.3. The summed E-state index contributed by atoms with van der Waals surface area (Å²) in [7, 11) is 0. The van der Waals surface area contributed by atoms with Crippen LogP contribution in [0.15, 0.2) is 59.4 Å². The number of para-hydroxylation sites is 1. The molecule has 1 aromatic heterocycles. The van der Waals surface area contributed by atoms with E-state index in [1.165, 1.54) is 6.07 Å². The molecule has 0 bridgehead atoms. The number of anilines is 1. The van der Waals surface area contributed by atoms with Crippen LogP contribution in [0.5, 0.6) is 0 Å². The van der Waals surface area contributed by atoms with Gasteiger partial charge in [0, 0.05) is 29.1 Å². The fourth-order valence-corrected chi connectivity index (χ4v) is 4.15. The molecule has 158 valence electrons. The van der Waals surface area contributed by atoms with Gasteiger partial charge in [-0.1, -0.05) is 49.7 Å². The third-order valence-corrected chi connectivity index (χ3v) is 5.82. The predicted octanol–water partition coefficient (Wildman–Crippen LogP) is 4.86. The van der Waals surface area contributed by atoms with Crippen LogP contribution >= 0.6 is 0 Å². The number of carbonyl (C=O) groups is 2. The molecular weight excluding hydrogens is 388 g/mol. The number of nitrogens with one attached hydrogen (secondary N) is 1. The minimum absolute atomic E-state index is 0.0318. The van der Waals surface area contributed by atoms with E-state index in [1.54, 1.807) is 10.6 Å². The van der Waals surface area contributed by atoms with Gasteiger partial charge in [0.05, 0.1) is 0 Å². The molecule has 4 rings (SSSR count). The number of ketones is 1. The van der Waals surface area contributed by atoms with Crippen molar-refractivity contribution < 1.29 is 9.59 Å². The van der Waals surface area contributed by atoms with E-state index in [4.69, 9.17) is 0 Å². The van der Waals surface area contributed by atoms with Crippen molar-refractivity contribution in [3.8, 4) is 5.69 Å². The second kappa shape index (κ2) is 7.65. The molecular formula is C26H26N2O3. The second-order valence-corrected chi connectivity index (χ2v) is 9.10. The minimum Gasteiger partial charge on any atom is -0.322 e. The molecule has 0 radical (unpaired) electrons. The largest absolute Gasteiger partial charge is 0.322 e. The number of amides is 1. The normalized spacial score (nSPS) is 14.8. The lowest BCUT2D eigenvalue weighted by molar-refractivity contribution is 0.0909. The van der Waals surface area contributed by atoms with Gasteiger partial charge < -0.3 is 5.32 Å². The first-order valence-corrected chi connectivity index (χ1v) is 10.4. The maximum Gasteiger partial charge on any atom is 0.268 e. The SMILES string of the molecule is Cc1ccc(-n2c3c(cc(C(=O)Nc4ccccc4C)c2=O)C(=O)CC(C)(C)C3)cc1. The van der Waals surface area contributed by atoms with Crippen molar-refractivity contribution in [1.29, 1.82) is 0 Å². The van der Waals surface area contributed by atoms with Crippen molar-refractivity contribution in [3.05, 3.63) is 92.9 Å². The molecule has 0 saturated carbocycles. The van der Waals surface area contributed by atoms with Crippen LogP contribution in [0.3, 0.4) is 0 Å². The van der Waals surface area contributed by atoms with Gasteiger partial charge in [-0.15, -0.1) is 0 Å². The van der Waals surface area contributed by atoms with E-state index in [2.05, 4.69) is 5.32 Å². The molecule has 31 heavy (non-hydrogen) atoms. The lowest BCUT2D eigenvalue weighted by Gasteiger charge is -2.32. The third-order valence-electron chi connectivity index (χ3n) is 5.82. The summed E-state index contributed by atoms with van der Waals surface area (Å²) in [6.07, 6.45) is 0.960. The number of carbonyl (C=O) groups excluding carboxylic acids is 2. The second-order valence-electron chi connectivity index (χ2n) is 9.10. The van der Waals surface area contributed by atoms with Gasteiger partial charge in [0.2, 0.25) is 0 Å². The van der Waals surface area contributed by atoms with E-state index in [-0.39, 0.29) is 16.8 Å². The number of fused-ring (bicyclic) bond motifs is 1. The van der Waals surface area contributed by atoms with E-state index in [0.29, 0.717) is 35.5 Å². The van der Waals surface area contributed by atoms with E-state index >= 15 is 0 Å². The standard InChI is InChI=1S/C26H26N2O3/c1-16-9-11-18(12-10-16)28-22-14-26(3,4)15-23(29)19(22)13-20(25(28)31)24(30)27-21-8-6-5-7-17(21)2/h5-13H,14-15H2,1-4H3,(H,27,30). The predicted molar refractivity (Wildman–Crippen MR) is 122 cm³/mol. The maximum atomic E-state index is 13.6. The Kier molecular flexibility index (Phi) is 5.13. The van der Waals surface area contributed by atoms with Crippen LogP contribution in [0.2, 0.25) is 0 Å². The van der Waals surface area contributed by atoms with Gasteiger partial charge in [0.1, 0.15) is 5.56 Å². The first-order valence-electron chi connectivity index (χ1n) is 10.4. The molecule has 1 N–H and O–H groups in total. The molecule has 1 aliphatic carbocycles. The Morgan fingerprint density at radius 1 is 0.968 bits per heavy atom. The average Bonchev–Trinajstić information content (AvgIpc) is 2.69. The molecule has 0 spiro atoms. The number of pyridine rings is 1. The van der Waals surface area contributed by atoms with Crippen LogP contribution in [0.4, 0.5) is 5.69 Å². The summed E-state index contributed by atoms with van der Waals surface area (Å²) in [5.74, 6) is -0.558. The molecule has 0 atom stereocenters. The summed E-state index contributed by atoms with van der Waals surface area (Å²) in [4.78, 5) is 39.7. The first kappa shape index (κ1) is 20.8. The number of aromatic nitrogens is 1. The Labute approximate surface area is 181 Å². The van der Waals surface area contributed by atoms with Crippen LogP contribution in [-0.2, 0) is 6.42 Å². The molecule has 3 aromatic rings. The van der Waals surface area contributed by atoms with Crippen LogP contribution in [-0.4, -0.2) is 16.3 Å². The highest BCUT2D eigenvalue weighted by atomic mass is 16.2. The molecule has 2 aromatic carbocycles. The van der Waals surface area contributed by atoms with Gasteiger partial charge in [0.15, 0.2) is 5.78 Å². The zero-order valence-electron chi connectivity index (χ0n) is 18.3. The molecule has 5 heteroatoms. The van der Waals surface area contributed by atoms with Crippen LogP contribution in [0, 0.1) is 19.3 Å². The molecule has 5 nitrogen and oxygen atoms in total. The molecule has 0 saturated heterocycles. The third kappa shape index (κ3) is 3.96. The summed E-state index contributed by atoms with van der Waals surface area (Å²) < 4.78 is 1.54. The molecule has 0 aliphatic heterocycles. The molecule has 0 unspecified atom stereocenters. The smallest absolute Gasteiger partial charge is 0.268 e. The lowest BCUT2D eigenvalue weighted by atomic mass is 9.75. The quantitative estimate of drug-likeness (QED) is 0.665. The Hall–Kier alpha value is -3.47. The van der Waals surface area contributed by atoms with Gasteiger partial charge >= 0.3 is 0 Å². The van der Waals surface area contributed by atoms with Crippen molar-refractivity contribution in [2.75, 3.05) is 5.32 Å². The summed E-state index contributed by atoms with van der Waals surface area (Å²) in [6.45, 7) is 7.91. The highest BCUT2D eigenvalue weighted by Crippen LogP contribution is 2.35. The number of benzene rings is 2. The number of rotatable bonds is 3. The van der Waals surface area contributed by atoms with Crippen molar-refractivity contribution in [2.45, 2.75) is 40.5 Å². The minimum atomic E-state index is -0.513. The monoisotopic (exact) mass is 414 g/mol. The zero-order valence-corrected chi connectivity index (χ0v) is 18.3. The highest BCUT2D eigenvalue weighted by molar-refractivity contribution is 6.07. The lowest BCUT2D eigenvalue weighted by Crippen LogP contribution is -2.37. The van der Waals surface area contributed by atoms with E-state index in [1.807, 2.05) is 70.2 Å². The Balaban J connectivity index is 1.91. The van der Waals surface area contributed by atoms with Crippen LogP contribution in [0.1, 0.15) is 57.8 Å². The van der Waals surface area contributed by atoms with Crippen molar-refractivity contribution in [2.24, 2.45) is 5.41 Å². The Morgan fingerprint density at radius 2 is 1.65 bits per heavy atom. The molecule has 1 aliphatic rings. The Morgan fingerprint density at radius 3 is 2.32 bits per heavy atom. The van der Waals surface area contributed by atoms with E-state index < -0.39 is 11.5 Å². The number of hydrogen-bond acceptors (Lipinski definition) is 3. The Bertz CT molecular complexity index is 1250. The van der Waals surface area contributed by atoms with Gasteiger partial charge in [-0.3, -0.25) is 19.0 Å². The maximum absolute atomic E-state index is 13.6. The van der Waals surface area contributed by atoms with Gasteiger partial charge in [-0.2, -0.15) is 0 Å².